The second kappa shape index (κ2) is 6.20. The molecule has 0 aromatic rings. The Kier molecular flexibility index (Phi) is 4.45. The summed E-state index contributed by atoms with van der Waals surface area (Å²) in [5.74, 6) is 0.484. The maximum atomic E-state index is 11.5. The maximum absolute atomic E-state index is 11.5. The van der Waals surface area contributed by atoms with Gasteiger partial charge in [0.15, 0.2) is 0 Å². The molecule has 4 rings (SSSR count). The summed E-state index contributed by atoms with van der Waals surface area (Å²) in [5.41, 5.74) is -2.49. The first-order chi connectivity index (χ1) is 11.4. The van der Waals surface area contributed by atoms with E-state index in [1.54, 1.807) is 0 Å². The van der Waals surface area contributed by atoms with Crippen LogP contribution in [-0.4, -0.2) is 67.9 Å². The second-order valence-corrected chi connectivity index (χ2v) is 8.97. The molecule has 0 bridgehead atoms. The fraction of sp³-hybridized carbons (Fsp3) is 1.00. The molecule has 0 aromatic heterocycles. The zero-order valence-electron chi connectivity index (χ0n) is 14.6. The number of aliphatic hydroxyl groups is 4. The van der Waals surface area contributed by atoms with Gasteiger partial charge < -0.3 is 25.3 Å². The van der Waals surface area contributed by atoms with Gasteiger partial charge >= 0.3 is 0 Å². The van der Waals surface area contributed by atoms with E-state index in [0.29, 0.717) is 18.4 Å². The van der Waals surface area contributed by atoms with Crippen molar-refractivity contribution < 1.29 is 20.4 Å². The first-order valence-electron chi connectivity index (χ1n) is 9.98. The van der Waals surface area contributed by atoms with Gasteiger partial charge in [-0.3, -0.25) is 0 Å². The fourth-order valence-corrected chi connectivity index (χ4v) is 6.30. The van der Waals surface area contributed by atoms with Gasteiger partial charge in [0.25, 0.3) is 0 Å². The first kappa shape index (κ1) is 17.2. The van der Waals surface area contributed by atoms with Crippen LogP contribution in [0.4, 0.5) is 0 Å². The van der Waals surface area contributed by atoms with Crippen LogP contribution >= 0.6 is 0 Å². The standard InChI is InChI=1S/C19H33NO4/c21-16-11-18(23)7-6-13-4-5-14(20-8-2-1-3-9-20)10-15(13)19(18,24)12-17(16)22/h13-17,21-24H,1-12H2. The average Bonchev–Trinajstić information content (AvgIpc) is 2.58. The van der Waals surface area contributed by atoms with E-state index in [2.05, 4.69) is 4.90 Å². The molecule has 4 N–H and O–H groups in total. The Hall–Kier alpha value is -0.200. The summed E-state index contributed by atoms with van der Waals surface area (Å²) in [6.45, 7) is 2.32. The lowest BCUT2D eigenvalue weighted by atomic mass is 9.51. The van der Waals surface area contributed by atoms with E-state index in [0.717, 1.165) is 32.4 Å². The molecule has 0 spiro atoms. The van der Waals surface area contributed by atoms with Crippen molar-refractivity contribution in [2.75, 3.05) is 13.1 Å². The predicted molar refractivity (Wildman–Crippen MR) is 90.4 cm³/mol. The summed E-state index contributed by atoms with van der Waals surface area (Å²) in [6.07, 6.45) is 6.92. The second-order valence-electron chi connectivity index (χ2n) is 8.97. The minimum Gasteiger partial charge on any atom is -0.390 e. The zero-order valence-corrected chi connectivity index (χ0v) is 14.6. The molecule has 7 unspecified atom stereocenters. The molecule has 5 heteroatoms. The van der Waals surface area contributed by atoms with E-state index in [1.807, 2.05) is 0 Å². The summed E-state index contributed by atoms with van der Waals surface area (Å²) in [5, 5.41) is 42.8. The maximum Gasteiger partial charge on any atom is 0.0991 e. The highest BCUT2D eigenvalue weighted by atomic mass is 16.4. The molecule has 4 fully saturated rings. The van der Waals surface area contributed by atoms with Crippen molar-refractivity contribution in [3.8, 4) is 0 Å². The van der Waals surface area contributed by atoms with Gasteiger partial charge in [0, 0.05) is 18.9 Å². The Morgan fingerprint density at radius 3 is 2.29 bits per heavy atom. The molecule has 0 aromatic carbocycles. The van der Waals surface area contributed by atoms with Gasteiger partial charge in [-0.05, 0) is 69.9 Å². The van der Waals surface area contributed by atoms with Gasteiger partial charge in [0.05, 0.1) is 23.4 Å². The lowest BCUT2D eigenvalue weighted by Gasteiger charge is -2.61. The van der Waals surface area contributed by atoms with Gasteiger partial charge in [-0.15, -0.1) is 0 Å². The molecule has 1 saturated heterocycles. The SMILES string of the molecule is OC1CC2(O)CCC3CCC(N4CCCCC4)CC3C2(O)CC1O. The zero-order chi connectivity index (χ0) is 16.9. The van der Waals surface area contributed by atoms with Crippen molar-refractivity contribution in [3.05, 3.63) is 0 Å². The molecule has 4 aliphatic rings. The summed E-state index contributed by atoms with van der Waals surface area (Å²) in [4.78, 5) is 2.59. The van der Waals surface area contributed by atoms with Crippen LogP contribution in [0.5, 0.6) is 0 Å². The van der Waals surface area contributed by atoms with Crippen LogP contribution in [0.1, 0.15) is 64.2 Å². The third kappa shape index (κ3) is 2.64. The summed E-state index contributed by atoms with van der Waals surface area (Å²) in [6, 6.07) is 0.502. The van der Waals surface area contributed by atoms with Gasteiger partial charge in [-0.2, -0.15) is 0 Å². The minimum absolute atomic E-state index is 0.0408. The summed E-state index contributed by atoms with van der Waals surface area (Å²) < 4.78 is 0. The number of fused-ring (bicyclic) bond motifs is 3. The number of likely N-dealkylation sites (tertiary alicyclic amines) is 1. The van der Waals surface area contributed by atoms with Gasteiger partial charge in [0.2, 0.25) is 0 Å². The molecule has 3 aliphatic carbocycles. The Balaban J connectivity index is 1.56. The molecule has 3 saturated carbocycles. The number of hydrogen-bond acceptors (Lipinski definition) is 5. The van der Waals surface area contributed by atoms with Crippen molar-refractivity contribution >= 4 is 0 Å². The molecule has 0 amide bonds. The summed E-state index contributed by atoms with van der Waals surface area (Å²) >= 11 is 0. The monoisotopic (exact) mass is 339 g/mol. The number of rotatable bonds is 1. The third-order valence-electron chi connectivity index (χ3n) is 7.73. The number of aliphatic hydroxyl groups excluding tert-OH is 2. The first-order valence-corrected chi connectivity index (χ1v) is 9.98. The highest BCUT2D eigenvalue weighted by molar-refractivity contribution is 5.15. The Bertz CT molecular complexity index is 468. The lowest BCUT2D eigenvalue weighted by molar-refractivity contribution is -0.275. The van der Waals surface area contributed by atoms with Gasteiger partial charge in [-0.1, -0.05) is 6.42 Å². The smallest absolute Gasteiger partial charge is 0.0991 e. The van der Waals surface area contributed by atoms with Crippen LogP contribution in [-0.2, 0) is 0 Å². The molecule has 24 heavy (non-hydrogen) atoms. The number of piperidine rings is 1. The van der Waals surface area contributed by atoms with Crippen LogP contribution in [0.15, 0.2) is 0 Å². The average molecular weight is 339 g/mol. The summed E-state index contributed by atoms with van der Waals surface area (Å²) in [7, 11) is 0. The van der Waals surface area contributed by atoms with Crippen molar-refractivity contribution in [2.24, 2.45) is 11.8 Å². The van der Waals surface area contributed by atoms with E-state index in [4.69, 9.17) is 0 Å². The quantitative estimate of drug-likeness (QED) is 0.573. The van der Waals surface area contributed by atoms with Crippen molar-refractivity contribution in [3.63, 3.8) is 0 Å². The van der Waals surface area contributed by atoms with Gasteiger partial charge in [0.1, 0.15) is 0 Å². The normalized spacial score (nSPS) is 53.2. The Morgan fingerprint density at radius 2 is 1.54 bits per heavy atom. The van der Waals surface area contributed by atoms with E-state index < -0.39 is 23.4 Å². The van der Waals surface area contributed by atoms with E-state index >= 15 is 0 Å². The lowest BCUT2D eigenvalue weighted by Crippen LogP contribution is -2.70. The molecule has 138 valence electrons. The predicted octanol–water partition coefficient (Wildman–Crippen LogP) is 1.03. The molecule has 5 nitrogen and oxygen atoms in total. The van der Waals surface area contributed by atoms with Crippen LogP contribution < -0.4 is 0 Å². The molecular weight excluding hydrogens is 306 g/mol. The van der Waals surface area contributed by atoms with Crippen LogP contribution in [0.2, 0.25) is 0 Å². The Labute approximate surface area is 144 Å². The minimum atomic E-state index is -1.25. The van der Waals surface area contributed by atoms with Gasteiger partial charge in [-0.25, -0.2) is 0 Å². The third-order valence-corrected chi connectivity index (χ3v) is 7.73. The number of hydrogen-bond donors (Lipinski definition) is 4. The van der Waals surface area contributed by atoms with Crippen LogP contribution in [0.3, 0.4) is 0 Å². The molecule has 1 heterocycles. The van der Waals surface area contributed by atoms with Crippen molar-refractivity contribution in [1.82, 2.24) is 4.90 Å². The molecule has 0 radical (unpaired) electrons. The molecular formula is C19H33NO4. The largest absolute Gasteiger partial charge is 0.390 e. The van der Waals surface area contributed by atoms with Crippen LogP contribution in [0, 0.1) is 11.8 Å². The molecule has 1 aliphatic heterocycles. The number of nitrogens with zero attached hydrogens (tertiary/aromatic N) is 1. The highest BCUT2D eigenvalue weighted by Gasteiger charge is 2.63. The molecule has 7 atom stereocenters. The topological polar surface area (TPSA) is 84.2 Å². The van der Waals surface area contributed by atoms with Crippen LogP contribution in [0.25, 0.3) is 0 Å². The van der Waals surface area contributed by atoms with E-state index in [-0.39, 0.29) is 18.8 Å². The van der Waals surface area contributed by atoms with E-state index in [1.165, 1.54) is 25.7 Å². The van der Waals surface area contributed by atoms with Crippen molar-refractivity contribution in [2.45, 2.75) is 93.7 Å². The van der Waals surface area contributed by atoms with Crippen molar-refractivity contribution in [1.29, 1.82) is 0 Å². The Morgan fingerprint density at radius 1 is 0.833 bits per heavy atom. The highest BCUT2D eigenvalue weighted by Crippen LogP contribution is 2.56. The fourth-order valence-electron chi connectivity index (χ4n) is 6.30. The van der Waals surface area contributed by atoms with E-state index in [9.17, 15) is 20.4 Å².